The molecule has 0 atom stereocenters. The van der Waals surface area contributed by atoms with Gasteiger partial charge in [0.15, 0.2) is 0 Å². The fourth-order valence-corrected chi connectivity index (χ4v) is 3.21. The zero-order valence-corrected chi connectivity index (χ0v) is 18.3. The number of pyridine rings is 1. The number of amides is 4. The number of carbonyl (C=O) groups is 3. The topological polar surface area (TPSA) is 141 Å². The molecule has 1 saturated heterocycles. The monoisotopic (exact) mass is 474 g/mol. The van der Waals surface area contributed by atoms with Crippen LogP contribution in [0.3, 0.4) is 0 Å². The minimum atomic E-state index is -0.847. The molecule has 4 amide bonds. The maximum absolute atomic E-state index is 13.0. The first kappa shape index (κ1) is 23.1. The largest absolute Gasteiger partial charge is 0.494 e. The Morgan fingerprint density at radius 1 is 1.00 bits per heavy atom. The molecule has 1 fully saturated rings. The smallest absolute Gasteiger partial charge is 0.335 e. The molecule has 0 unspecified atom stereocenters. The predicted octanol–water partition coefficient (Wildman–Crippen LogP) is 3.85. The molecule has 0 saturated carbocycles. The second-order valence-corrected chi connectivity index (χ2v) is 7.17. The van der Waals surface area contributed by atoms with Gasteiger partial charge < -0.3 is 9.47 Å². The van der Waals surface area contributed by atoms with Crippen LogP contribution in [0.25, 0.3) is 6.08 Å². The van der Waals surface area contributed by atoms with Gasteiger partial charge in [0.25, 0.3) is 17.5 Å². The van der Waals surface area contributed by atoms with Crippen molar-refractivity contribution in [2.75, 3.05) is 11.5 Å². The molecule has 0 aliphatic carbocycles. The van der Waals surface area contributed by atoms with Crippen LogP contribution in [0.1, 0.15) is 12.5 Å². The highest BCUT2D eigenvalue weighted by Crippen LogP contribution is 2.26. The third-order valence-electron chi connectivity index (χ3n) is 4.85. The van der Waals surface area contributed by atoms with Crippen molar-refractivity contribution < 1.29 is 28.8 Å². The van der Waals surface area contributed by atoms with Crippen molar-refractivity contribution >= 4 is 35.3 Å². The van der Waals surface area contributed by atoms with Crippen LogP contribution in [-0.2, 0) is 9.59 Å². The van der Waals surface area contributed by atoms with Crippen LogP contribution in [0.4, 0.5) is 16.2 Å². The van der Waals surface area contributed by atoms with Crippen molar-refractivity contribution in [3.05, 3.63) is 88.1 Å². The van der Waals surface area contributed by atoms with E-state index in [1.54, 1.807) is 48.5 Å². The predicted molar refractivity (Wildman–Crippen MR) is 124 cm³/mol. The van der Waals surface area contributed by atoms with E-state index in [9.17, 15) is 24.5 Å². The van der Waals surface area contributed by atoms with Gasteiger partial charge in [0.1, 0.15) is 23.3 Å². The second-order valence-electron chi connectivity index (χ2n) is 7.17. The first-order valence-electron chi connectivity index (χ1n) is 10.4. The number of anilines is 1. The first-order chi connectivity index (χ1) is 16.9. The highest BCUT2D eigenvalue weighted by atomic mass is 16.6. The van der Waals surface area contributed by atoms with E-state index in [4.69, 9.17) is 9.47 Å². The summed E-state index contributed by atoms with van der Waals surface area (Å²) < 4.78 is 10.9. The van der Waals surface area contributed by atoms with Gasteiger partial charge in [-0.1, -0.05) is 12.1 Å². The van der Waals surface area contributed by atoms with Crippen molar-refractivity contribution in [2.45, 2.75) is 6.92 Å². The molecule has 0 spiro atoms. The summed E-state index contributed by atoms with van der Waals surface area (Å²) in [6.07, 6.45) is 2.44. The zero-order valence-electron chi connectivity index (χ0n) is 18.3. The van der Waals surface area contributed by atoms with Gasteiger partial charge in [-0.05, 0) is 55.0 Å². The summed E-state index contributed by atoms with van der Waals surface area (Å²) in [5.41, 5.74) is 0.416. The molecule has 2 aromatic carbocycles. The first-order valence-corrected chi connectivity index (χ1v) is 10.4. The van der Waals surface area contributed by atoms with Crippen LogP contribution < -0.4 is 19.7 Å². The Hall–Kier alpha value is -5.06. The summed E-state index contributed by atoms with van der Waals surface area (Å²) in [6.45, 7) is 2.31. The fourth-order valence-electron chi connectivity index (χ4n) is 3.21. The number of nitro groups is 1. The molecule has 1 N–H and O–H groups in total. The standard InChI is InChI=1S/C24H18N4O7/c1-2-34-18-10-5-16(6-11-18)27-23(30)20(22(29)26-24(27)31)13-15-3-8-19(9-4-15)35-21-12-7-17(14-25-21)28(32)33/h3-14H,2H2,1H3,(H,26,29,31)/b20-13+. The Morgan fingerprint density at radius 2 is 1.69 bits per heavy atom. The number of aromatic nitrogens is 1. The SMILES string of the molecule is CCOc1ccc(N2C(=O)NC(=O)/C(=C\c3ccc(Oc4ccc([N+](=O)[O-])cn4)cc3)C2=O)cc1. The molecule has 1 aliphatic rings. The van der Waals surface area contributed by atoms with E-state index in [1.165, 1.54) is 18.2 Å². The molecule has 4 rings (SSSR count). The Kier molecular flexibility index (Phi) is 6.49. The van der Waals surface area contributed by atoms with Crippen molar-refractivity contribution in [1.29, 1.82) is 0 Å². The van der Waals surface area contributed by atoms with E-state index in [0.29, 0.717) is 23.7 Å². The Balaban J connectivity index is 1.52. The number of benzene rings is 2. The lowest BCUT2D eigenvalue weighted by molar-refractivity contribution is -0.385. The Morgan fingerprint density at radius 3 is 2.29 bits per heavy atom. The molecule has 2 heterocycles. The number of nitrogens with zero attached hydrogens (tertiary/aromatic N) is 3. The lowest BCUT2D eigenvalue weighted by Gasteiger charge is -2.26. The van der Waals surface area contributed by atoms with Crippen LogP contribution >= 0.6 is 0 Å². The van der Waals surface area contributed by atoms with Gasteiger partial charge in [-0.25, -0.2) is 14.7 Å². The second kappa shape index (κ2) is 9.83. The molecule has 0 bridgehead atoms. The van der Waals surface area contributed by atoms with Crippen molar-refractivity contribution in [1.82, 2.24) is 10.3 Å². The summed E-state index contributed by atoms with van der Waals surface area (Å²) in [5.74, 6) is -0.442. The summed E-state index contributed by atoms with van der Waals surface area (Å²) in [7, 11) is 0. The van der Waals surface area contributed by atoms with Gasteiger partial charge in [0.05, 0.1) is 17.2 Å². The van der Waals surface area contributed by atoms with Crippen molar-refractivity contribution in [2.24, 2.45) is 0 Å². The van der Waals surface area contributed by atoms with Gasteiger partial charge in [-0.3, -0.25) is 25.0 Å². The van der Waals surface area contributed by atoms with E-state index < -0.39 is 22.8 Å². The van der Waals surface area contributed by atoms with E-state index in [1.807, 2.05) is 6.92 Å². The van der Waals surface area contributed by atoms with E-state index in [2.05, 4.69) is 10.3 Å². The summed E-state index contributed by atoms with van der Waals surface area (Å²) in [6, 6.07) is 14.5. The molecular weight excluding hydrogens is 456 g/mol. The number of carbonyl (C=O) groups excluding carboxylic acids is 3. The molecule has 11 nitrogen and oxygen atoms in total. The lowest BCUT2D eigenvalue weighted by Crippen LogP contribution is -2.54. The molecule has 1 aliphatic heterocycles. The van der Waals surface area contributed by atoms with Crippen LogP contribution in [0.2, 0.25) is 0 Å². The summed E-state index contributed by atoms with van der Waals surface area (Å²) in [5, 5.41) is 12.9. The van der Waals surface area contributed by atoms with Crippen LogP contribution in [0.15, 0.2) is 72.4 Å². The van der Waals surface area contributed by atoms with Crippen molar-refractivity contribution in [3.63, 3.8) is 0 Å². The molecule has 11 heteroatoms. The van der Waals surface area contributed by atoms with Gasteiger partial charge in [-0.15, -0.1) is 0 Å². The average molecular weight is 474 g/mol. The molecule has 0 radical (unpaired) electrons. The number of ether oxygens (including phenoxy) is 2. The molecular formula is C24H18N4O7. The highest BCUT2D eigenvalue weighted by Gasteiger charge is 2.36. The number of hydrogen-bond donors (Lipinski definition) is 1. The number of urea groups is 1. The molecule has 35 heavy (non-hydrogen) atoms. The van der Waals surface area contributed by atoms with Crippen LogP contribution in [0, 0.1) is 10.1 Å². The maximum atomic E-state index is 13.0. The molecule has 1 aromatic heterocycles. The van der Waals surface area contributed by atoms with Gasteiger partial charge >= 0.3 is 6.03 Å². The molecule has 3 aromatic rings. The van der Waals surface area contributed by atoms with Gasteiger partial charge in [0.2, 0.25) is 5.88 Å². The third kappa shape index (κ3) is 5.14. The average Bonchev–Trinajstić information content (AvgIpc) is 2.84. The number of nitrogens with one attached hydrogen (secondary N) is 1. The van der Waals surface area contributed by atoms with E-state index >= 15 is 0 Å². The quantitative estimate of drug-likeness (QED) is 0.236. The number of hydrogen-bond acceptors (Lipinski definition) is 8. The summed E-state index contributed by atoms with van der Waals surface area (Å²) >= 11 is 0. The van der Waals surface area contributed by atoms with Gasteiger partial charge in [0, 0.05) is 12.1 Å². The highest BCUT2D eigenvalue weighted by molar-refractivity contribution is 6.39. The summed E-state index contributed by atoms with van der Waals surface area (Å²) in [4.78, 5) is 52.6. The Bertz CT molecular complexity index is 1320. The van der Waals surface area contributed by atoms with Gasteiger partial charge in [-0.2, -0.15) is 0 Å². The Labute approximate surface area is 198 Å². The fraction of sp³-hybridized carbons (Fsp3) is 0.0833. The number of rotatable bonds is 7. The zero-order chi connectivity index (χ0) is 24.9. The third-order valence-corrected chi connectivity index (χ3v) is 4.85. The van der Waals surface area contributed by atoms with Crippen LogP contribution in [0.5, 0.6) is 17.4 Å². The van der Waals surface area contributed by atoms with E-state index in [-0.39, 0.29) is 22.8 Å². The minimum Gasteiger partial charge on any atom is -0.494 e. The van der Waals surface area contributed by atoms with E-state index in [0.717, 1.165) is 11.1 Å². The van der Waals surface area contributed by atoms with Crippen LogP contribution in [-0.4, -0.2) is 34.4 Å². The maximum Gasteiger partial charge on any atom is 0.335 e. The number of imide groups is 2. The normalized spacial score (nSPS) is 14.6. The minimum absolute atomic E-state index is 0.160. The number of barbiturate groups is 1. The van der Waals surface area contributed by atoms with Crippen molar-refractivity contribution in [3.8, 4) is 17.4 Å². The molecule has 176 valence electrons. The lowest BCUT2D eigenvalue weighted by atomic mass is 10.1.